The molecule has 0 aromatic heterocycles. The first-order chi connectivity index (χ1) is 8.11. The first-order valence-corrected chi connectivity index (χ1v) is 5.84. The summed E-state index contributed by atoms with van der Waals surface area (Å²) in [6, 6.07) is 0. The zero-order valence-electron chi connectivity index (χ0n) is 11.4. The van der Waals surface area contributed by atoms with Crippen LogP contribution in [0.2, 0.25) is 0 Å². The van der Waals surface area contributed by atoms with Crippen LogP contribution in [-0.2, 0) is 19.1 Å². The smallest absolute Gasteiger partial charge is 0.867 e. The standard InChI is InChI=1S/C12H20O5.Na/c1-3-5-7-16-11(14)9-10(13)12(15)17-8-6-4-2;/h9,13H,3-8H2,1-2H3;/q;+1/p-1. The molecule has 0 aromatic carbocycles. The van der Waals surface area contributed by atoms with Gasteiger partial charge in [-0.25, -0.2) is 9.59 Å². The average molecular weight is 266 g/mol. The van der Waals surface area contributed by atoms with Gasteiger partial charge in [-0.3, -0.25) is 0 Å². The molecular weight excluding hydrogens is 247 g/mol. The van der Waals surface area contributed by atoms with Gasteiger partial charge in [-0.2, -0.15) is 0 Å². The quantitative estimate of drug-likeness (QED) is 0.166. The van der Waals surface area contributed by atoms with Crippen molar-refractivity contribution in [2.45, 2.75) is 39.5 Å². The molecular formula is C12H19NaO5. The van der Waals surface area contributed by atoms with Gasteiger partial charge >= 0.3 is 41.5 Å². The molecule has 0 atom stereocenters. The summed E-state index contributed by atoms with van der Waals surface area (Å²) in [5.74, 6) is -2.77. The van der Waals surface area contributed by atoms with E-state index in [1.54, 1.807) is 0 Å². The number of carbonyl (C=O) groups excluding carboxylic acids is 2. The van der Waals surface area contributed by atoms with Gasteiger partial charge in [-0.05, 0) is 18.6 Å². The Morgan fingerprint density at radius 3 is 2.06 bits per heavy atom. The SMILES string of the molecule is CCCCOC(=O)C=C([O-])C(=O)OCCCC.[Na+]. The normalized spacial score (nSPS) is 10.4. The fourth-order valence-electron chi connectivity index (χ4n) is 0.905. The minimum atomic E-state index is -1.01. The third-order valence-electron chi connectivity index (χ3n) is 1.92. The third kappa shape index (κ3) is 10.6. The van der Waals surface area contributed by atoms with Crippen LogP contribution in [0.25, 0.3) is 0 Å². The van der Waals surface area contributed by atoms with Gasteiger partial charge in [0, 0.05) is 6.08 Å². The minimum Gasteiger partial charge on any atom is -0.867 e. The number of unbranched alkanes of at least 4 members (excludes halogenated alkanes) is 2. The molecule has 5 nitrogen and oxygen atoms in total. The van der Waals surface area contributed by atoms with Crippen molar-refractivity contribution in [2.75, 3.05) is 13.2 Å². The van der Waals surface area contributed by atoms with Crippen molar-refractivity contribution < 1.29 is 53.7 Å². The maximum Gasteiger partial charge on any atom is 1.00 e. The van der Waals surface area contributed by atoms with Crippen LogP contribution < -0.4 is 34.7 Å². The van der Waals surface area contributed by atoms with Crippen LogP contribution in [-0.4, -0.2) is 25.2 Å². The molecule has 0 aromatic rings. The average Bonchev–Trinajstić information content (AvgIpc) is 2.29. The van der Waals surface area contributed by atoms with Crippen molar-refractivity contribution in [3.63, 3.8) is 0 Å². The van der Waals surface area contributed by atoms with Crippen molar-refractivity contribution >= 4 is 11.9 Å². The summed E-state index contributed by atoms with van der Waals surface area (Å²) in [6.45, 7) is 4.34. The molecule has 0 radical (unpaired) electrons. The molecule has 0 N–H and O–H groups in total. The number of ether oxygens (including phenoxy) is 2. The monoisotopic (exact) mass is 266 g/mol. The van der Waals surface area contributed by atoms with Crippen molar-refractivity contribution in [2.24, 2.45) is 0 Å². The van der Waals surface area contributed by atoms with E-state index in [-0.39, 0.29) is 42.8 Å². The van der Waals surface area contributed by atoms with Crippen LogP contribution in [0.4, 0.5) is 0 Å². The zero-order valence-corrected chi connectivity index (χ0v) is 13.4. The number of hydrogen-bond acceptors (Lipinski definition) is 5. The number of rotatable bonds is 8. The van der Waals surface area contributed by atoms with Gasteiger partial charge in [0.25, 0.3) is 0 Å². The Labute approximate surface area is 130 Å². The van der Waals surface area contributed by atoms with E-state index >= 15 is 0 Å². The molecule has 0 aliphatic carbocycles. The van der Waals surface area contributed by atoms with E-state index in [4.69, 9.17) is 4.74 Å². The van der Waals surface area contributed by atoms with E-state index in [9.17, 15) is 14.7 Å². The summed E-state index contributed by atoms with van der Waals surface area (Å²) in [7, 11) is 0. The molecule has 0 aliphatic heterocycles. The molecule has 0 heterocycles. The van der Waals surface area contributed by atoms with Gasteiger partial charge < -0.3 is 14.6 Å². The Kier molecular flexibility index (Phi) is 14.2. The second kappa shape index (κ2) is 12.9. The number of hydrogen-bond donors (Lipinski definition) is 0. The molecule has 0 spiro atoms. The van der Waals surface area contributed by atoms with E-state index < -0.39 is 17.7 Å². The van der Waals surface area contributed by atoms with Crippen LogP contribution in [0.3, 0.4) is 0 Å². The maximum absolute atomic E-state index is 11.1. The summed E-state index contributed by atoms with van der Waals surface area (Å²) < 4.78 is 9.35. The van der Waals surface area contributed by atoms with Crippen LogP contribution in [0.15, 0.2) is 11.8 Å². The van der Waals surface area contributed by atoms with E-state index in [0.717, 1.165) is 19.3 Å². The van der Waals surface area contributed by atoms with E-state index in [0.29, 0.717) is 12.5 Å². The van der Waals surface area contributed by atoms with Gasteiger partial charge in [0.15, 0.2) is 0 Å². The Balaban J connectivity index is 0. The summed E-state index contributed by atoms with van der Waals surface area (Å²) in [4.78, 5) is 22.1. The Morgan fingerprint density at radius 1 is 1.06 bits per heavy atom. The van der Waals surface area contributed by atoms with E-state index in [2.05, 4.69) is 4.74 Å². The van der Waals surface area contributed by atoms with Crippen LogP contribution in [0, 0.1) is 0 Å². The molecule has 0 aliphatic rings. The molecule has 0 saturated carbocycles. The van der Waals surface area contributed by atoms with E-state index in [1.807, 2.05) is 13.8 Å². The topological polar surface area (TPSA) is 75.7 Å². The summed E-state index contributed by atoms with van der Waals surface area (Å²) in [6.07, 6.45) is 3.81. The van der Waals surface area contributed by atoms with Crippen molar-refractivity contribution in [1.82, 2.24) is 0 Å². The third-order valence-corrected chi connectivity index (χ3v) is 1.92. The fraction of sp³-hybridized carbons (Fsp3) is 0.667. The number of esters is 2. The fourth-order valence-corrected chi connectivity index (χ4v) is 0.905. The summed E-state index contributed by atoms with van der Waals surface area (Å²) in [5.41, 5.74) is 0. The van der Waals surface area contributed by atoms with Crippen molar-refractivity contribution in [3.05, 3.63) is 11.8 Å². The Bertz CT molecular complexity index is 276. The predicted octanol–water partition coefficient (Wildman–Crippen LogP) is -2.08. The molecule has 0 amide bonds. The maximum atomic E-state index is 11.1. The van der Waals surface area contributed by atoms with Gasteiger partial charge in [-0.1, -0.05) is 26.7 Å². The molecule has 0 rings (SSSR count). The molecule has 6 heteroatoms. The van der Waals surface area contributed by atoms with Crippen LogP contribution in [0.5, 0.6) is 0 Å². The van der Waals surface area contributed by atoms with E-state index in [1.165, 1.54) is 0 Å². The van der Waals surface area contributed by atoms with Gasteiger partial charge in [0.05, 0.1) is 13.2 Å². The number of carbonyl (C=O) groups is 2. The van der Waals surface area contributed by atoms with Gasteiger partial charge in [0.1, 0.15) is 0 Å². The van der Waals surface area contributed by atoms with Crippen LogP contribution >= 0.6 is 0 Å². The zero-order chi connectivity index (χ0) is 13.1. The van der Waals surface area contributed by atoms with Crippen molar-refractivity contribution in [1.29, 1.82) is 0 Å². The molecule has 0 fully saturated rings. The Morgan fingerprint density at radius 2 is 1.56 bits per heavy atom. The first-order valence-electron chi connectivity index (χ1n) is 5.84. The van der Waals surface area contributed by atoms with Crippen molar-refractivity contribution in [3.8, 4) is 0 Å². The van der Waals surface area contributed by atoms with Crippen LogP contribution in [0.1, 0.15) is 39.5 Å². The second-order valence-corrected chi connectivity index (χ2v) is 3.52. The molecule has 98 valence electrons. The molecule has 0 saturated heterocycles. The Hall–Kier alpha value is -0.520. The predicted molar refractivity (Wildman–Crippen MR) is 59.8 cm³/mol. The van der Waals surface area contributed by atoms with Gasteiger partial charge in [-0.15, -0.1) is 0 Å². The summed E-state index contributed by atoms with van der Waals surface area (Å²) >= 11 is 0. The molecule has 0 unspecified atom stereocenters. The van der Waals surface area contributed by atoms with Gasteiger partial charge in [0.2, 0.25) is 0 Å². The first kappa shape index (κ1) is 19.8. The minimum absolute atomic E-state index is 0. The second-order valence-electron chi connectivity index (χ2n) is 3.52. The largest absolute Gasteiger partial charge is 1.00 e. The molecule has 18 heavy (non-hydrogen) atoms. The molecule has 0 bridgehead atoms. The summed E-state index contributed by atoms with van der Waals surface area (Å²) in [5, 5.41) is 11.1.